The molecule has 4 aromatic heterocycles. The van der Waals surface area contributed by atoms with Crippen LogP contribution in [0, 0.1) is 0 Å². The van der Waals surface area contributed by atoms with Crippen molar-refractivity contribution in [1.82, 2.24) is 0 Å². The molecule has 0 saturated heterocycles. The molecule has 0 fully saturated rings. The van der Waals surface area contributed by atoms with E-state index in [4.69, 9.17) is 8.83 Å². The summed E-state index contributed by atoms with van der Waals surface area (Å²) < 4.78 is 12.1. The van der Waals surface area contributed by atoms with Crippen molar-refractivity contribution in [3.63, 3.8) is 0 Å². The minimum absolute atomic E-state index is 0.232. The van der Waals surface area contributed by atoms with E-state index >= 15 is 0 Å². The summed E-state index contributed by atoms with van der Waals surface area (Å²) in [4.78, 5) is 36.9. The molecule has 3 aromatic carbocycles. The van der Waals surface area contributed by atoms with E-state index in [9.17, 15) is 9.59 Å². The van der Waals surface area contributed by atoms with E-state index in [1.807, 2.05) is 95.7 Å². The maximum atomic E-state index is 13.2. The molecule has 0 bridgehead atoms. The van der Waals surface area contributed by atoms with Gasteiger partial charge >= 0.3 is 0 Å². The molecule has 0 aliphatic carbocycles. The van der Waals surface area contributed by atoms with Crippen molar-refractivity contribution in [1.29, 1.82) is 0 Å². The highest BCUT2D eigenvalue weighted by molar-refractivity contribution is 7.13. The normalized spacial score (nSPS) is 12.3. The fourth-order valence-corrected chi connectivity index (χ4v) is 6.06. The van der Waals surface area contributed by atoms with Gasteiger partial charge in [0.05, 0.1) is 11.1 Å². The van der Waals surface area contributed by atoms with Crippen molar-refractivity contribution in [2.24, 2.45) is 9.98 Å². The van der Waals surface area contributed by atoms with E-state index in [1.54, 1.807) is 46.9 Å². The number of hydrogen-bond acceptors (Lipinski definition) is 6. The van der Waals surface area contributed by atoms with Crippen LogP contribution in [0.4, 0.5) is 0 Å². The number of amides is 2. The van der Waals surface area contributed by atoms with Crippen LogP contribution in [0.3, 0.4) is 0 Å². The number of fused-ring (bicyclic) bond motifs is 2. The molecule has 0 N–H and O–H groups in total. The quantitative estimate of drug-likeness (QED) is 0.209. The molecular weight excluding hydrogens is 565 g/mol. The van der Waals surface area contributed by atoms with Gasteiger partial charge in [0.2, 0.25) is 11.1 Å². The first kappa shape index (κ1) is 25.8. The van der Waals surface area contributed by atoms with Crippen molar-refractivity contribution in [3.05, 3.63) is 142 Å². The zero-order chi connectivity index (χ0) is 28.5. The zero-order valence-electron chi connectivity index (χ0n) is 21.9. The summed E-state index contributed by atoms with van der Waals surface area (Å²) >= 11 is 3.08. The molecular formula is C34H20N2O4S2. The zero-order valence-corrected chi connectivity index (χ0v) is 23.5. The Morgan fingerprint density at radius 3 is 1.36 bits per heavy atom. The minimum Gasteiger partial charge on any atom is -0.438 e. The molecule has 0 atom stereocenters. The third kappa shape index (κ3) is 5.05. The first-order valence-corrected chi connectivity index (χ1v) is 14.8. The summed E-state index contributed by atoms with van der Waals surface area (Å²) in [6.45, 7) is 0. The highest BCUT2D eigenvalue weighted by Crippen LogP contribution is 2.26. The highest BCUT2D eigenvalue weighted by Gasteiger charge is 2.14. The van der Waals surface area contributed by atoms with Gasteiger partial charge in [0.1, 0.15) is 11.2 Å². The van der Waals surface area contributed by atoms with Crippen LogP contribution >= 0.6 is 22.7 Å². The third-order valence-electron chi connectivity index (χ3n) is 6.67. The largest absolute Gasteiger partial charge is 0.438 e. The van der Waals surface area contributed by atoms with Crippen LogP contribution in [-0.2, 0) is 0 Å². The topological polar surface area (TPSA) is 85.1 Å². The molecule has 7 rings (SSSR count). The van der Waals surface area contributed by atoms with E-state index in [0.717, 1.165) is 31.7 Å². The Morgan fingerprint density at radius 2 is 0.952 bits per heavy atom. The summed E-state index contributed by atoms with van der Waals surface area (Å²) in [5.74, 6) is -0.959. The van der Waals surface area contributed by atoms with Crippen LogP contribution in [-0.4, -0.2) is 11.8 Å². The van der Waals surface area contributed by atoms with Crippen LogP contribution in [0.2, 0.25) is 0 Å². The van der Waals surface area contributed by atoms with E-state index in [1.165, 1.54) is 0 Å². The number of nitrogens with zero attached hydrogens (tertiary/aromatic N) is 2. The van der Waals surface area contributed by atoms with Crippen LogP contribution in [0.15, 0.2) is 139 Å². The Hall–Kier alpha value is -5.18. The molecule has 6 nitrogen and oxygen atoms in total. The number of rotatable bonds is 4. The molecule has 0 radical (unpaired) electrons. The van der Waals surface area contributed by atoms with Crippen molar-refractivity contribution in [2.45, 2.75) is 0 Å². The lowest BCUT2D eigenvalue weighted by Gasteiger charge is -2.04. The molecule has 0 spiro atoms. The number of thiophene rings is 2. The first-order chi connectivity index (χ1) is 20.6. The van der Waals surface area contributed by atoms with Crippen molar-refractivity contribution < 1.29 is 18.4 Å². The van der Waals surface area contributed by atoms with E-state index in [0.29, 0.717) is 22.3 Å². The Bertz CT molecular complexity index is 2060. The monoisotopic (exact) mass is 584 g/mol. The maximum absolute atomic E-state index is 13.2. The SMILES string of the molecule is O=C(N=c1oc2ccccc2cc1-c1cccs1)c1ccc(C(=O)N=c2oc3ccccc3cc2-c2cccs2)cc1. The summed E-state index contributed by atoms with van der Waals surface area (Å²) in [7, 11) is 0. The highest BCUT2D eigenvalue weighted by atomic mass is 32.1. The van der Waals surface area contributed by atoms with Gasteiger partial charge in [0.15, 0.2) is 0 Å². The van der Waals surface area contributed by atoms with Gasteiger partial charge < -0.3 is 8.83 Å². The molecule has 4 heterocycles. The number of hydrogen-bond donors (Lipinski definition) is 0. The second kappa shape index (κ2) is 11.0. The molecule has 8 heteroatoms. The smallest absolute Gasteiger partial charge is 0.280 e. The fraction of sp³-hybridized carbons (Fsp3) is 0. The summed E-state index contributed by atoms with van der Waals surface area (Å²) in [6.07, 6.45) is 0. The van der Waals surface area contributed by atoms with E-state index in [-0.39, 0.29) is 11.1 Å². The average Bonchev–Trinajstić information content (AvgIpc) is 3.76. The maximum Gasteiger partial charge on any atom is 0.280 e. The van der Waals surface area contributed by atoms with Gasteiger partial charge in [-0.3, -0.25) is 9.59 Å². The first-order valence-electron chi connectivity index (χ1n) is 13.0. The minimum atomic E-state index is -0.479. The lowest BCUT2D eigenvalue weighted by atomic mass is 10.1. The summed E-state index contributed by atoms with van der Waals surface area (Å²) in [5, 5.41) is 5.76. The Labute approximate surface area is 247 Å². The molecule has 0 unspecified atom stereocenters. The predicted octanol–water partition coefficient (Wildman–Crippen LogP) is 8.12. The molecule has 0 aliphatic rings. The third-order valence-corrected chi connectivity index (χ3v) is 8.48. The lowest BCUT2D eigenvalue weighted by Crippen LogP contribution is -2.11. The molecule has 202 valence electrons. The molecule has 2 amide bonds. The van der Waals surface area contributed by atoms with Crippen LogP contribution < -0.4 is 11.1 Å². The molecule has 7 aromatic rings. The van der Waals surface area contributed by atoms with Gasteiger partial charge in [-0.1, -0.05) is 48.5 Å². The van der Waals surface area contributed by atoms with Gasteiger partial charge in [-0.15, -0.1) is 22.7 Å². The lowest BCUT2D eigenvalue weighted by molar-refractivity contribution is 0.0983. The Morgan fingerprint density at radius 1 is 0.524 bits per heavy atom. The predicted molar refractivity (Wildman–Crippen MR) is 165 cm³/mol. The molecule has 0 aliphatic heterocycles. The van der Waals surface area contributed by atoms with Crippen molar-refractivity contribution in [3.8, 4) is 20.9 Å². The molecule has 0 saturated carbocycles. The van der Waals surface area contributed by atoms with E-state index < -0.39 is 11.8 Å². The number of carbonyl (C=O) groups is 2. The van der Waals surface area contributed by atoms with Crippen molar-refractivity contribution in [2.75, 3.05) is 0 Å². The van der Waals surface area contributed by atoms with Crippen molar-refractivity contribution >= 4 is 56.4 Å². The van der Waals surface area contributed by atoms with E-state index in [2.05, 4.69) is 9.98 Å². The Kier molecular flexibility index (Phi) is 6.75. The van der Waals surface area contributed by atoms with Gasteiger partial charge in [0, 0.05) is 31.7 Å². The van der Waals surface area contributed by atoms with Crippen LogP contribution in [0.1, 0.15) is 20.7 Å². The number of carbonyl (C=O) groups excluding carboxylic acids is 2. The van der Waals surface area contributed by atoms with Gasteiger partial charge in [-0.2, -0.15) is 9.98 Å². The van der Waals surface area contributed by atoms with Gasteiger partial charge in [-0.05, 0) is 71.4 Å². The summed E-state index contributed by atoms with van der Waals surface area (Å²) in [5.41, 5.74) is 3.85. The second-order valence-electron chi connectivity index (χ2n) is 9.37. The van der Waals surface area contributed by atoms with Gasteiger partial charge in [0.25, 0.3) is 11.8 Å². The second-order valence-corrected chi connectivity index (χ2v) is 11.3. The van der Waals surface area contributed by atoms with Crippen LogP contribution in [0.25, 0.3) is 42.8 Å². The standard InChI is InChI=1S/C34H20N2O4S2/c37-31(35-33-25(29-11-5-17-41-29)19-23-7-1-3-9-27(23)39-33)21-13-15-22(16-14-21)32(38)36-34-26(30-12-6-18-42-30)20-24-8-2-4-10-28(24)40-34/h1-20H. The molecule has 42 heavy (non-hydrogen) atoms. The average molecular weight is 585 g/mol. The fourth-order valence-electron chi connectivity index (χ4n) is 4.59. The Balaban J connectivity index is 1.23. The number of para-hydroxylation sites is 2. The summed E-state index contributed by atoms with van der Waals surface area (Å²) in [6, 6.07) is 33.2. The van der Waals surface area contributed by atoms with Gasteiger partial charge in [-0.25, -0.2) is 0 Å². The van der Waals surface area contributed by atoms with Crippen LogP contribution in [0.5, 0.6) is 0 Å². The number of benzene rings is 3.